The van der Waals surface area contributed by atoms with Gasteiger partial charge in [0.2, 0.25) is 0 Å². The van der Waals surface area contributed by atoms with Gasteiger partial charge in [-0.3, -0.25) is 0 Å². The lowest BCUT2D eigenvalue weighted by Crippen LogP contribution is -2.32. The van der Waals surface area contributed by atoms with Gasteiger partial charge in [0.05, 0.1) is 17.4 Å². The van der Waals surface area contributed by atoms with Gasteiger partial charge in [-0.05, 0) is 137 Å². The van der Waals surface area contributed by atoms with Crippen LogP contribution in [-0.2, 0) is 19.3 Å². The zero-order chi connectivity index (χ0) is 38.2. The Hall–Kier alpha value is -6.20. The molecule has 0 bridgehead atoms. The number of para-hydroxylation sites is 2. The van der Waals surface area contributed by atoms with Crippen LogP contribution in [0, 0.1) is 0 Å². The molecule has 7 aromatic carbocycles. The fourth-order valence-corrected chi connectivity index (χ4v) is 12.2. The number of benzene rings is 7. The van der Waals surface area contributed by atoms with Crippen molar-refractivity contribution >= 4 is 111 Å². The summed E-state index contributed by atoms with van der Waals surface area (Å²) in [5.41, 5.74) is 11.7. The monoisotopic (exact) mass is 780 g/mol. The molecular formula is C54H40N2S2. The summed E-state index contributed by atoms with van der Waals surface area (Å²) in [6.45, 7) is 0. The van der Waals surface area contributed by atoms with Gasteiger partial charge in [-0.2, -0.15) is 0 Å². The minimum Gasteiger partial charge on any atom is -0.334 e. The van der Waals surface area contributed by atoms with Crippen molar-refractivity contribution in [3.63, 3.8) is 0 Å². The molecule has 0 radical (unpaired) electrons. The number of anilines is 5. The van der Waals surface area contributed by atoms with Crippen LogP contribution < -0.4 is 9.80 Å². The Bertz CT molecular complexity index is 3160. The van der Waals surface area contributed by atoms with E-state index in [2.05, 4.69) is 186 Å². The Balaban J connectivity index is 1.09. The summed E-state index contributed by atoms with van der Waals surface area (Å²) >= 11 is 3.87. The maximum Gasteiger partial charge on any atom is 0.0567 e. The van der Waals surface area contributed by atoms with Crippen LogP contribution in [0.1, 0.15) is 44.8 Å². The molecule has 0 fully saturated rings. The van der Waals surface area contributed by atoms with E-state index in [-0.39, 0.29) is 6.04 Å². The van der Waals surface area contributed by atoms with E-state index >= 15 is 0 Å². The Kier molecular flexibility index (Phi) is 8.02. The molecule has 3 aliphatic carbocycles. The largest absolute Gasteiger partial charge is 0.334 e. The second kappa shape index (κ2) is 13.7. The maximum absolute atomic E-state index is 2.62. The zero-order valence-corrected chi connectivity index (χ0v) is 33.7. The van der Waals surface area contributed by atoms with Gasteiger partial charge in [0.25, 0.3) is 0 Å². The molecule has 2 heterocycles. The number of aryl methyl sites for hydroxylation is 2. The quantitative estimate of drug-likeness (QED) is 0.155. The van der Waals surface area contributed by atoms with Gasteiger partial charge in [0.15, 0.2) is 0 Å². The Morgan fingerprint density at radius 2 is 1.16 bits per heavy atom. The first-order valence-corrected chi connectivity index (χ1v) is 22.2. The highest BCUT2D eigenvalue weighted by Gasteiger charge is 2.29. The van der Waals surface area contributed by atoms with E-state index in [4.69, 9.17) is 0 Å². The van der Waals surface area contributed by atoms with Crippen molar-refractivity contribution in [2.75, 3.05) is 9.80 Å². The van der Waals surface area contributed by atoms with E-state index < -0.39 is 0 Å². The lowest BCUT2D eigenvalue weighted by atomic mass is 9.86. The van der Waals surface area contributed by atoms with Crippen molar-refractivity contribution < 1.29 is 0 Å². The molecule has 1 unspecified atom stereocenters. The smallest absolute Gasteiger partial charge is 0.0567 e. The summed E-state index contributed by atoms with van der Waals surface area (Å²) in [6.07, 6.45) is 19.5. The van der Waals surface area contributed by atoms with Gasteiger partial charge in [-0.1, -0.05) is 109 Å². The highest BCUT2D eigenvalue weighted by atomic mass is 32.1. The molecule has 12 rings (SSSR count). The highest BCUT2D eigenvalue weighted by Crippen LogP contribution is 2.49. The van der Waals surface area contributed by atoms with Crippen molar-refractivity contribution in [3.05, 3.63) is 190 Å². The van der Waals surface area contributed by atoms with Gasteiger partial charge in [-0.25, -0.2) is 0 Å². The van der Waals surface area contributed by atoms with E-state index in [0.717, 1.165) is 32.1 Å². The van der Waals surface area contributed by atoms with Crippen LogP contribution in [-0.4, -0.2) is 6.04 Å². The molecule has 3 aliphatic rings. The number of rotatable bonds is 6. The second-order valence-electron chi connectivity index (χ2n) is 15.8. The van der Waals surface area contributed by atoms with Crippen molar-refractivity contribution in [1.29, 1.82) is 0 Å². The molecule has 0 saturated heterocycles. The van der Waals surface area contributed by atoms with E-state index in [1.807, 2.05) is 22.7 Å². The number of thiophene rings is 2. The molecule has 0 spiro atoms. The van der Waals surface area contributed by atoms with Crippen molar-refractivity contribution in [2.24, 2.45) is 0 Å². The van der Waals surface area contributed by atoms with Crippen LogP contribution in [0.25, 0.3) is 59.9 Å². The summed E-state index contributed by atoms with van der Waals surface area (Å²) in [5.74, 6) is 0. The first kappa shape index (κ1) is 33.9. The molecule has 9 aromatic rings. The number of nitrogens with zero attached hydrogens (tertiary/aromatic N) is 2. The van der Waals surface area contributed by atoms with Gasteiger partial charge in [-0.15, -0.1) is 22.7 Å². The summed E-state index contributed by atoms with van der Waals surface area (Å²) in [6, 6.07) is 52.4. The first-order valence-electron chi connectivity index (χ1n) is 20.5. The number of hydrogen-bond donors (Lipinski definition) is 0. The van der Waals surface area contributed by atoms with Crippen molar-refractivity contribution in [3.8, 4) is 0 Å². The third-order valence-corrected chi connectivity index (χ3v) is 14.9. The maximum atomic E-state index is 2.62. The Labute approximate surface area is 346 Å². The predicted molar refractivity (Wildman–Crippen MR) is 253 cm³/mol. The molecule has 0 aliphatic heterocycles. The average Bonchev–Trinajstić information content (AvgIpc) is 3.85. The van der Waals surface area contributed by atoms with Gasteiger partial charge >= 0.3 is 0 Å². The third kappa shape index (κ3) is 5.43. The second-order valence-corrected chi connectivity index (χ2v) is 18.0. The minimum atomic E-state index is 0.157. The number of hydrogen-bond acceptors (Lipinski definition) is 4. The van der Waals surface area contributed by atoms with Crippen LogP contribution >= 0.6 is 22.7 Å². The van der Waals surface area contributed by atoms with Gasteiger partial charge in [0, 0.05) is 52.6 Å². The van der Waals surface area contributed by atoms with Crippen LogP contribution in [0.2, 0.25) is 0 Å². The number of fused-ring (bicyclic) bond motifs is 11. The molecule has 0 saturated carbocycles. The van der Waals surface area contributed by atoms with E-state index in [0.29, 0.717) is 0 Å². The third-order valence-electron chi connectivity index (χ3n) is 12.5. The molecule has 0 N–H and O–H groups in total. The van der Waals surface area contributed by atoms with E-state index in [1.54, 1.807) is 0 Å². The summed E-state index contributed by atoms with van der Waals surface area (Å²) in [4.78, 5) is 8.03. The highest BCUT2D eigenvalue weighted by molar-refractivity contribution is 7.20. The van der Waals surface area contributed by atoms with Gasteiger partial charge in [0.1, 0.15) is 0 Å². The summed E-state index contributed by atoms with van der Waals surface area (Å²) in [5, 5.41) is 7.96. The number of allylic oxidation sites excluding steroid dienone is 2. The molecule has 4 heteroatoms. The topological polar surface area (TPSA) is 6.48 Å². The van der Waals surface area contributed by atoms with Gasteiger partial charge < -0.3 is 9.80 Å². The lowest BCUT2D eigenvalue weighted by Gasteiger charge is -2.35. The SMILES string of the molecule is C1=Cc2c(sc3ccc(N(c4ccccc4)c4cc5c(cc(N(c6ccccc6)C6C=Cc7sc8ccccc8c7C6)c6ccccc65)c5c4C=CCC5)cc23)CC1. The standard InChI is InChI=1S/C54H40N2S2/c1-3-15-35(16-4-1)55(37-27-29-53-47(31-37)43-23-11-13-25-51(43)57-53)49-33-45-40-20-8-10-22-42(40)50(34-46(45)39-19-7-9-21-41(39)49)56(36-17-5-2-6-18-36)38-28-30-54-48(32-38)44-24-12-14-26-52(44)58-54/h1-7,9-13,15-19,21-25,27-30,32-34,37H,8,14,20,26,31H2. The first-order chi connectivity index (χ1) is 28.8. The molecule has 278 valence electrons. The Morgan fingerprint density at radius 3 is 2.00 bits per heavy atom. The van der Waals surface area contributed by atoms with Crippen LogP contribution in [0.3, 0.4) is 0 Å². The molecule has 2 nitrogen and oxygen atoms in total. The molecule has 1 atom stereocenters. The zero-order valence-electron chi connectivity index (χ0n) is 32.1. The summed E-state index contributed by atoms with van der Waals surface area (Å²) in [7, 11) is 0. The van der Waals surface area contributed by atoms with E-state index in [1.165, 1.54) is 102 Å². The fraction of sp³-hybridized carbons (Fsp3) is 0.111. The molecule has 2 aromatic heterocycles. The lowest BCUT2D eigenvalue weighted by molar-refractivity contribution is 0.775. The van der Waals surface area contributed by atoms with Crippen LogP contribution in [0.15, 0.2) is 158 Å². The molecule has 58 heavy (non-hydrogen) atoms. The normalized spacial score (nSPS) is 15.6. The van der Waals surface area contributed by atoms with E-state index in [9.17, 15) is 0 Å². The molecule has 0 amide bonds. The minimum absolute atomic E-state index is 0.157. The summed E-state index contributed by atoms with van der Waals surface area (Å²) < 4.78 is 2.73. The fourth-order valence-electron chi connectivity index (χ4n) is 9.86. The van der Waals surface area contributed by atoms with Crippen LogP contribution in [0.4, 0.5) is 28.4 Å². The van der Waals surface area contributed by atoms with Crippen molar-refractivity contribution in [2.45, 2.75) is 38.1 Å². The predicted octanol–water partition coefficient (Wildman–Crippen LogP) is 15.6. The average molecular weight is 781 g/mol. The Morgan fingerprint density at radius 1 is 0.466 bits per heavy atom. The van der Waals surface area contributed by atoms with Crippen molar-refractivity contribution in [1.82, 2.24) is 0 Å². The van der Waals surface area contributed by atoms with Crippen LogP contribution in [0.5, 0.6) is 0 Å². The molecular weight excluding hydrogens is 741 g/mol.